The first-order valence-electron chi connectivity index (χ1n) is 7.10. The van der Waals surface area contributed by atoms with Gasteiger partial charge < -0.3 is 15.1 Å². The van der Waals surface area contributed by atoms with Gasteiger partial charge in [0.05, 0.1) is 22.9 Å². The van der Waals surface area contributed by atoms with Gasteiger partial charge in [-0.05, 0) is 42.5 Å². The molecule has 3 rings (SSSR count). The Morgan fingerprint density at radius 1 is 1.08 bits per heavy atom. The van der Waals surface area contributed by atoms with Gasteiger partial charge in [-0.2, -0.15) is 0 Å². The van der Waals surface area contributed by atoms with Crippen molar-refractivity contribution in [1.82, 2.24) is 10.3 Å². The van der Waals surface area contributed by atoms with Crippen molar-refractivity contribution in [1.29, 1.82) is 0 Å². The zero-order chi connectivity index (χ0) is 16.9. The van der Waals surface area contributed by atoms with Crippen molar-refractivity contribution in [2.24, 2.45) is 0 Å². The Labute approximate surface area is 148 Å². The monoisotopic (exact) mass is 361 g/mol. The average Bonchev–Trinajstić information content (AvgIpc) is 3.10. The Balaban J connectivity index is 1.68. The smallest absolute Gasteiger partial charge is 0.270 e. The number of anilines is 2. The van der Waals surface area contributed by atoms with Crippen LogP contribution in [0.5, 0.6) is 0 Å². The highest BCUT2D eigenvalue weighted by Gasteiger charge is 2.09. The summed E-state index contributed by atoms with van der Waals surface area (Å²) < 4.78 is 5.17. The molecule has 5 nitrogen and oxygen atoms in total. The number of hydrogen-bond donors (Lipinski definition) is 2. The summed E-state index contributed by atoms with van der Waals surface area (Å²) in [5, 5.41) is 6.84. The summed E-state index contributed by atoms with van der Waals surface area (Å²) in [5.74, 6) is 0.387. The minimum atomic E-state index is -0.288. The van der Waals surface area contributed by atoms with E-state index in [2.05, 4.69) is 15.6 Å². The lowest BCUT2D eigenvalue weighted by Crippen LogP contribution is -2.23. The van der Waals surface area contributed by atoms with Gasteiger partial charge in [0.1, 0.15) is 11.5 Å². The SMILES string of the molecule is O=C(NCc1ccco1)c1cc(Nc2ccc(Cl)c(Cl)c2)ccn1. The summed E-state index contributed by atoms with van der Waals surface area (Å²) in [6.45, 7) is 0.304. The van der Waals surface area contributed by atoms with Gasteiger partial charge >= 0.3 is 0 Å². The molecule has 0 aliphatic carbocycles. The van der Waals surface area contributed by atoms with Crippen molar-refractivity contribution in [2.45, 2.75) is 6.54 Å². The topological polar surface area (TPSA) is 67.2 Å². The molecule has 0 spiro atoms. The number of amides is 1. The largest absolute Gasteiger partial charge is 0.467 e. The van der Waals surface area contributed by atoms with Crippen molar-refractivity contribution in [3.63, 3.8) is 0 Å². The van der Waals surface area contributed by atoms with Crippen LogP contribution in [0.3, 0.4) is 0 Å². The lowest BCUT2D eigenvalue weighted by molar-refractivity contribution is 0.0943. The third-order valence-corrected chi connectivity index (χ3v) is 3.94. The van der Waals surface area contributed by atoms with E-state index in [4.69, 9.17) is 27.6 Å². The standard InChI is InChI=1S/C17H13Cl2N3O2/c18-14-4-3-11(8-15(14)19)22-12-5-6-20-16(9-12)17(23)21-10-13-2-1-7-24-13/h1-9H,10H2,(H,20,22)(H,21,23). The number of nitrogens with zero attached hydrogens (tertiary/aromatic N) is 1. The minimum Gasteiger partial charge on any atom is -0.467 e. The number of carbonyl (C=O) groups is 1. The van der Waals surface area contributed by atoms with Crippen LogP contribution in [0.15, 0.2) is 59.3 Å². The predicted molar refractivity (Wildman–Crippen MR) is 93.9 cm³/mol. The number of nitrogens with one attached hydrogen (secondary N) is 2. The van der Waals surface area contributed by atoms with Crippen molar-refractivity contribution in [3.05, 3.63) is 76.4 Å². The second kappa shape index (κ2) is 7.38. The van der Waals surface area contributed by atoms with Crippen molar-refractivity contribution < 1.29 is 9.21 Å². The zero-order valence-corrected chi connectivity index (χ0v) is 13.9. The van der Waals surface area contributed by atoms with Crippen LogP contribution in [0.1, 0.15) is 16.2 Å². The fourth-order valence-electron chi connectivity index (χ4n) is 2.04. The van der Waals surface area contributed by atoms with Crippen molar-refractivity contribution >= 4 is 40.5 Å². The molecular weight excluding hydrogens is 349 g/mol. The third-order valence-electron chi connectivity index (χ3n) is 3.20. The van der Waals surface area contributed by atoms with Gasteiger partial charge in [0.2, 0.25) is 0 Å². The molecule has 0 bridgehead atoms. The second-order valence-electron chi connectivity index (χ2n) is 4.95. The summed E-state index contributed by atoms with van der Waals surface area (Å²) in [7, 11) is 0. The average molecular weight is 362 g/mol. The molecule has 3 aromatic rings. The molecule has 7 heteroatoms. The molecular formula is C17H13Cl2N3O2. The van der Waals surface area contributed by atoms with Crippen LogP contribution >= 0.6 is 23.2 Å². The Morgan fingerprint density at radius 2 is 1.92 bits per heavy atom. The van der Waals surface area contributed by atoms with E-state index >= 15 is 0 Å². The fourth-order valence-corrected chi connectivity index (χ4v) is 2.34. The minimum absolute atomic E-state index is 0.288. The molecule has 0 atom stereocenters. The highest BCUT2D eigenvalue weighted by atomic mass is 35.5. The van der Waals surface area contributed by atoms with E-state index in [1.54, 1.807) is 54.9 Å². The van der Waals surface area contributed by atoms with E-state index in [0.29, 0.717) is 33.7 Å². The van der Waals surface area contributed by atoms with E-state index in [1.165, 1.54) is 0 Å². The lowest BCUT2D eigenvalue weighted by Gasteiger charge is -2.09. The van der Waals surface area contributed by atoms with Crippen molar-refractivity contribution in [2.75, 3.05) is 5.32 Å². The summed E-state index contributed by atoms with van der Waals surface area (Å²) in [6.07, 6.45) is 3.11. The summed E-state index contributed by atoms with van der Waals surface area (Å²) >= 11 is 11.9. The van der Waals surface area contributed by atoms with Crippen LogP contribution in [0, 0.1) is 0 Å². The Morgan fingerprint density at radius 3 is 2.67 bits per heavy atom. The quantitative estimate of drug-likeness (QED) is 0.693. The number of furan rings is 1. The van der Waals surface area contributed by atoms with Crippen LogP contribution in [0.2, 0.25) is 10.0 Å². The highest BCUT2D eigenvalue weighted by molar-refractivity contribution is 6.42. The summed E-state index contributed by atoms with van der Waals surface area (Å²) in [4.78, 5) is 16.2. The Bertz CT molecular complexity index is 851. The molecule has 24 heavy (non-hydrogen) atoms. The molecule has 1 aromatic carbocycles. The molecule has 2 aromatic heterocycles. The molecule has 122 valence electrons. The molecule has 0 saturated carbocycles. The lowest BCUT2D eigenvalue weighted by atomic mass is 10.2. The van der Waals surface area contributed by atoms with Gasteiger partial charge in [-0.3, -0.25) is 9.78 Å². The maximum Gasteiger partial charge on any atom is 0.270 e. The second-order valence-corrected chi connectivity index (χ2v) is 5.76. The number of aromatic nitrogens is 1. The molecule has 1 amide bonds. The van der Waals surface area contributed by atoms with E-state index in [-0.39, 0.29) is 5.91 Å². The van der Waals surface area contributed by atoms with Gasteiger partial charge in [0, 0.05) is 17.6 Å². The molecule has 0 saturated heterocycles. The van der Waals surface area contributed by atoms with Crippen molar-refractivity contribution in [3.8, 4) is 0 Å². The third kappa shape index (κ3) is 4.07. The van der Waals surface area contributed by atoms with Gasteiger partial charge in [-0.25, -0.2) is 0 Å². The maximum absolute atomic E-state index is 12.2. The molecule has 0 aliphatic rings. The molecule has 0 aliphatic heterocycles. The number of hydrogen-bond acceptors (Lipinski definition) is 4. The van der Waals surface area contributed by atoms with Crippen LogP contribution in [0.25, 0.3) is 0 Å². The van der Waals surface area contributed by atoms with E-state index in [1.807, 2.05) is 0 Å². The highest BCUT2D eigenvalue weighted by Crippen LogP contribution is 2.27. The van der Waals surface area contributed by atoms with E-state index in [9.17, 15) is 4.79 Å². The van der Waals surface area contributed by atoms with Crippen LogP contribution in [-0.2, 0) is 6.54 Å². The van der Waals surface area contributed by atoms with Crippen LogP contribution < -0.4 is 10.6 Å². The number of rotatable bonds is 5. The first-order valence-corrected chi connectivity index (χ1v) is 7.86. The number of carbonyl (C=O) groups excluding carboxylic acids is 1. The molecule has 0 radical (unpaired) electrons. The normalized spacial score (nSPS) is 10.4. The molecule has 0 unspecified atom stereocenters. The fraction of sp³-hybridized carbons (Fsp3) is 0.0588. The van der Waals surface area contributed by atoms with E-state index in [0.717, 1.165) is 5.69 Å². The van der Waals surface area contributed by atoms with Gasteiger partial charge in [0.25, 0.3) is 5.91 Å². The Hall–Kier alpha value is -2.50. The van der Waals surface area contributed by atoms with E-state index < -0.39 is 0 Å². The van der Waals surface area contributed by atoms with Gasteiger partial charge in [0.15, 0.2) is 0 Å². The first-order chi connectivity index (χ1) is 11.6. The zero-order valence-electron chi connectivity index (χ0n) is 12.4. The predicted octanol–water partition coefficient (Wildman–Crippen LogP) is 4.66. The molecule has 0 fully saturated rings. The van der Waals surface area contributed by atoms with Crippen LogP contribution in [-0.4, -0.2) is 10.9 Å². The first kappa shape index (κ1) is 16.4. The van der Waals surface area contributed by atoms with Crippen LogP contribution in [0.4, 0.5) is 11.4 Å². The maximum atomic E-state index is 12.2. The number of halogens is 2. The molecule has 2 N–H and O–H groups in total. The number of benzene rings is 1. The summed E-state index contributed by atoms with van der Waals surface area (Å²) in [5.41, 5.74) is 1.77. The van der Waals surface area contributed by atoms with Gasteiger partial charge in [-0.15, -0.1) is 0 Å². The summed E-state index contributed by atoms with van der Waals surface area (Å²) in [6, 6.07) is 12.2. The van der Waals surface area contributed by atoms with Gasteiger partial charge in [-0.1, -0.05) is 23.2 Å². The molecule has 2 heterocycles. The Kier molecular flexibility index (Phi) is 5.03. The number of pyridine rings is 1.